The van der Waals surface area contributed by atoms with Crippen LogP contribution in [0.25, 0.3) is 0 Å². The van der Waals surface area contributed by atoms with Gasteiger partial charge in [-0.05, 0) is 32.6 Å². The molecule has 0 aliphatic rings. The van der Waals surface area contributed by atoms with Crippen LogP contribution in [0.1, 0.15) is 226 Å². The lowest BCUT2D eigenvalue weighted by atomic mass is 9.13. The van der Waals surface area contributed by atoms with E-state index < -0.39 is 6.15 Å². The van der Waals surface area contributed by atoms with E-state index in [0.717, 1.165) is 0 Å². The molecular weight excluding hydrogens is 770 g/mol. The molecule has 4 aromatic carbocycles. The fourth-order valence-electron chi connectivity index (χ4n) is 10.4. The minimum Gasteiger partial charge on any atom is -0.335 e. The molecule has 0 heterocycles. The van der Waals surface area contributed by atoms with E-state index in [2.05, 4.69) is 142 Å². The van der Waals surface area contributed by atoms with Crippen LogP contribution in [-0.2, 0) is 0 Å². The van der Waals surface area contributed by atoms with Gasteiger partial charge in [-0.2, -0.15) is 21.9 Å². The minimum absolute atomic E-state index is 1.22. The van der Waals surface area contributed by atoms with Crippen molar-refractivity contribution >= 4 is 28.0 Å². The van der Waals surface area contributed by atoms with Gasteiger partial charge in [0.05, 0.1) is 19.6 Å². The average Bonchev–Trinajstić information content (AvgIpc) is 3.35. The lowest BCUT2D eigenvalue weighted by Gasteiger charge is -2.44. The third-order valence-electron chi connectivity index (χ3n) is 14.5. The summed E-state index contributed by atoms with van der Waals surface area (Å²) in [6, 6.07) is 43.5. The van der Waals surface area contributed by atoms with Crippen LogP contribution in [-0.4, -0.2) is 25.8 Å². The molecule has 0 saturated carbocycles. The fraction of sp³-hybridized carbons (Fsp3) is 0.613. The first-order valence-corrected chi connectivity index (χ1v) is 28.0. The van der Waals surface area contributed by atoms with Crippen LogP contribution in [0.15, 0.2) is 121 Å². The molecule has 4 aromatic rings. The van der Waals surface area contributed by atoms with Crippen molar-refractivity contribution in [2.24, 2.45) is 0 Å². The predicted molar refractivity (Wildman–Crippen MR) is 290 cm³/mol. The Kier molecular flexibility index (Phi) is 33.8. The molecule has 4 rings (SSSR count). The van der Waals surface area contributed by atoms with Gasteiger partial charge < -0.3 is 4.90 Å². The molecule has 0 spiro atoms. The maximum Gasteiger partial charge on any atom is 0.108 e. The second-order valence-corrected chi connectivity index (χ2v) is 19.7. The average molecular weight is 870 g/mol. The zero-order valence-electron chi connectivity index (χ0n) is 42.4. The van der Waals surface area contributed by atoms with Gasteiger partial charge in [0.25, 0.3) is 0 Å². The fourth-order valence-corrected chi connectivity index (χ4v) is 10.4. The number of hydrogen-bond acceptors (Lipinski definition) is 0. The molecule has 0 unspecified atom stereocenters. The first-order valence-electron chi connectivity index (χ1n) is 28.0. The van der Waals surface area contributed by atoms with Crippen LogP contribution in [0.4, 0.5) is 0 Å². The second-order valence-electron chi connectivity index (χ2n) is 19.7. The van der Waals surface area contributed by atoms with Crippen LogP contribution in [0.5, 0.6) is 0 Å². The van der Waals surface area contributed by atoms with Crippen molar-refractivity contribution in [2.45, 2.75) is 226 Å². The van der Waals surface area contributed by atoms with Crippen LogP contribution in [0.2, 0.25) is 0 Å². The molecular formula is C62H100BN. The molecule has 0 amide bonds. The Bertz CT molecular complexity index is 1340. The summed E-state index contributed by atoms with van der Waals surface area (Å²) >= 11 is 0. The normalized spacial score (nSPS) is 11.5. The smallest absolute Gasteiger partial charge is 0.108 e. The van der Waals surface area contributed by atoms with Gasteiger partial charge in [0.1, 0.15) is 6.15 Å². The molecule has 2 heteroatoms. The van der Waals surface area contributed by atoms with Crippen molar-refractivity contribution < 1.29 is 4.90 Å². The Morgan fingerprint density at radius 2 is 0.438 bits per heavy atom. The monoisotopic (exact) mass is 870 g/mol. The maximum atomic E-state index is 2.40. The van der Waals surface area contributed by atoms with Crippen molar-refractivity contribution in [3.8, 4) is 0 Å². The standard InChI is InChI=1S/C38H79N.C24H20B/c1-4-7-9-11-13-15-17-19-21-23-25-27-29-31-33-35-37-39(6-3)38-36-34-32-30-28-26-24-22-20-18-16-14-12-10-8-5-2;1-5-13-21(14-6-1)25(22-15-7-2-8-16-22,23-17-9-3-10-18-23)24-19-11-4-12-20-24/h4-38H2,1-3H3;1-20H/q;-1/p+1. The number of hydrogen-bond donors (Lipinski definition) is 1. The Balaban J connectivity index is 0.000000369. The summed E-state index contributed by atoms with van der Waals surface area (Å²) in [6.45, 7) is 11.2. The summed E-state index contributed by atoms with van der Waals surface area (Å²) in [4.78, 5) is 1.87. The summed E-state index contributed by atoms with van der Waals surface area (Å²) in [7, 11) is 0. The van der Waals surface area contributed by atoms with Gasteiger partial charge in [-0.15, -0.1) is 0 Å². The first-order chi connectivity index (χ1) is 31.8. The van der Waals surface area contributed by atoms with E-state index in [1.165, 1.54) is 247 Å². The van der Waals surface area contributed by atoms with Gasteiger partial charge in [-0.1, -0.05) is 315 Å². The largest absolute Gasteiger partial charge is 0.335 e. The Hall–Kier alpha value is -3.10. The van der Waals surface area contributed by atoms with Gasteiger partial charge >= 0.3 is 0 Å². The van der Waals surface area contributed by atoms with E-state index >= 15 is 0 Å². The van der Waals surface area contributed by atoms with Crippen LogP contribution >= 0.6 is 0 Å². The highest BCUT2D eigenvalue weighted by molar-refractivity contribution is 7.19. The van der Waals surface area contributed by atoms with Crippen LogP contribution in [0.3, 0.4) is 0 Å². The zero-order valence-corrected chi connectivity index (χ0v) is 42.4. The number of unbranched alkanes of at least 4 members (excludes halogenated alkanes) is 30. The summed E-state index contributed by atoms with van der Waals surface area (Å²) in [6.07, 6.45) is 45.9. The lowest BCUT2D eigenvalue weighted by molar-refractivity contribution is -0.898. The molecule has 0 bridgehead atoms. The highest BCUT2D eigenvalue weighted by Gasteiger charge is 2.31. The van der Waals surface area contributed by atoms with Gasteiger partial charge in [0, 0.05) is 0 Å². The number of quaternary nitrogens is 1. The third kappa shape index (κ3) is 23.9. The highest BCUT2D eigenvalue weighted by atomic mass is 15.1. The second kappa shape index (κ2) is 39.1. The summed E-state index contributed by atoms with van der Waals surface area (Å²) < 4.78 is 0. The molecule has 0 aliphatic carbocycles. The Morgan fingerprint density at radius 1 is 0.250 bits per heavy atom. The van der Waals surface area contributed by atoms with Crippen molar-refractivity contribution in [1.29, 1.82) is 0 Å². The van der Waals surface area contributed by atoms with Gasteiger partial charge in [-0.25, -0.2) is 0 Å². The van der Waals surface area contributed by atoms with E-state index in [-0.39, 0.29) is 0 Å². The Morgan fingerprint density at radius 3 is 0.625 bits per heavy atom. The SMILES string of the molecule is CCCCCCCCCCCCCCCCCC[NH+](CC)CCCCCCCCCCCCCCCCCC.c1ccc([B-](c2ccccc2)(c2ccccc2)c2ccccc2)cc1. The number of nitrogens with one attached hydrogen (secondary N) is 1. The van der Waals surface area contributed by atoms with Gasteiger partial charge in [0.2, 0.25) is 0 Å². The van der Waals surface area contributed by atoms with E-state index in [4.69, 9.17) is 0 Å². The molecule has 64 heavy (non-hydrogen) atoms. The molecule has 0 saturated heterocycles. The lowest BCUT2D eigenvalue weighted by Crippen LogP contribution is -3.11. The number of benzene rings is 4. The van der Waals surface area contributed by atoms with E-state index in [1.807, 2.05) is 4.90 Å². The molecule has 0 atom stereocenters. The first kappa shape index (κ1) is 55.2. The summed E-state index contributed by atoms with van der Waals surface area (Å²) in [5, 5.41) is 0. The van der Waals surface area contributed by atoms with E-state index in [1.54, 1.807) is 0 Å². The van der Waals surface area contributed by atoms with E-state index in [0.29, 0.717) is 0 Å². The van der Waals surface area contributed by atoms with Crippen LogP contribution in [0, 0.1) is 0 Å². The van der Waals surface area contributed by atoms with Crippen molar-refractivity contribution in [3.05, 3.63) is 121 Å². The molecule has 0 radical (unpaired) electrons. The molecule has 0 aliphatic heterocycles. The topological polar surface area (TPSA) is 4.44 Å². The van der Waals surface area contributed by atoms with Crippen molar-refractivity contribution in [1.82, 2.24) is 0 Å². The van der Waals surface area contributed by atoms with Gasteiger partial charge in [0.15, 0.2) is 0 Å². The van der Waals surface area contributed by atoms with Crippen molar-refractivity contribution in [2.75, 3.05) is 19.6 Å². The molecule has 0 aromatic heterocycles. The quantitative estimate of drug-likeness (QED) is 0.0337. The van der Waals surface area contributed by atoms with Gasteiger partial charge in [-0.3, -0.25) is 0 Å². The number of rotatable bonds is 39. The van der Waals surface area contributed by atoms with Crippen LogP contribution < -0.4 is 26.8 Å². The Labute approximate surface area is 398 Å². The third-order valence-corrected chi connectivity index (χ3v) is 14.5. The molecule has 1 N–H and O–H groups in total. The summed E-state index contributed by atoms with van der Waals surface area (Å²) in [5.74, 6) is 0. The molecule has 1 nitrogen and oxygen atoms in total. The zero-order chi connectivity index (χ0) is 45.3. The minimum atomic E-state index is -1.22. The molecule has 356 valence electrons. The highest BCUT2D eigenvalue weighted by Crippen LogP contribution is 2.16. The predicted octanol–water partition coefficient (Wildman–Crippen LogP) is 15.5. The van der Waals surface area contributed by atoms with Crippen molar-refractivity contribution in [3.63, 3.8) is 0 Å². The molecule has 0 fully saturated rings. The van der Waals surface area contributed by atoms with E-state index in [9.17, 15) is 0 Å². The summed E-state index contributed by atoms with van der Waals surface area (Å²) in [5.41, 5.74) is 5.36. The maximum absolute atomic E-state index is 2.40.